The SMILES string of the molecule is CC(C)CNCCS(=O)(=O)C(C)C. The van der Waals surface area contributed by atoms with E-state index in [4.69, 9.17) is 0 Å². The zero-order chi connectivity index (χ0) is 10.5. The summed E-state index contributed by atoms with van der Waals surface area (Å²) in [6.45, 7) is 9.09. The standard InChI is InChI=1S/C9H21NO2S/c1-8(2)7-10-5-6-13(11,12)9(3)4/h8-10H,5-7H2,1-4H3. The Morgan fingerprint density at radius 3 is 2.08 bits per heavy atom. The van der Waals surface area contributed by atoms with Gasteiger partial charge in [-0.3, -0.25) is 0 Å². The lowest BCUT2D eigenvalue weighted by atomic mass is 10.2. The second kappa shape index (κ2) is 5.60. The lowest BCUT2D eigenvalue weighted by Gasteiger charge is -2.09. The molecular weight excluding hydrogens is 186 g/mol. The van der Waals surface area contributed by atoms with Crippen molar-refractivity contribution in [3.05, 3.63) is 0 Å². The Hall–Kier alpha value is -0.0900. The van der Waals surface area contributed by atoms with Crippen LogP contribution in [0.25, 0.3) is 0 Å². The molecule has 4 heteroatoms. The van der Waals surface area contributed by atoms with Gasteiger partial charge in [0.15, 0.2) is 9.84 Å². The summed E-state index contributed by atoms with van der Waals surface area (Å²) in [6.07, 6.45) is 0. The summed E-state index contributed by atoms with van der Waals surface area (Å²) in [5.74, 6) is 0.818. The summed E-state index contributed by atoms with van der Waals surface area (Å²) >= 11 is 0. The first kappa shape index (κ1) is 12.9. The highest BCUT2D eigenvalue weighted by atomic mass is 32.2. The van der Waals surface area contributed by atoms with Crippen LogP contribution < -0.4 is 5.32 Å². The molecule has 3 nitrogen and oxygen atoms in total. The molecule has 0 saturated carbocycles. The van der Waals surface area contributed by atoms with Gasteiger partial charge < -0.3 is 5.32 Å². The van der Waals surface area contributed by atoms with Crippen LogP contribution in [0.5, 0.6) is 0 Å². The van der Waals surface area contributed by atoms with Gasteiger partial charge in [0, 0.05) is 6.54 Å². The van der Waals surface area contributed by atoms with Crippen LogP contribution >= 0.6 is 0 Å². The predicted octanol–water partition coefficient (Wildman–Crippen LogP) is 1.06. The molecule has 0 saturated heterocycles. The van der Waals surface area contributed by atoms with Crippen LogP contribution in [0.4, 0.5) is 0 Å². The van der Waals surface area contributed by atoms with Gasteiger partial charge in [0.2, 0.25) is 0 Å². The van der Waals surface area contributed by atoms with E-state index in [0.717, 1.165) is 6.54 Å². The van der Waals surface area contributed by atoms with E-state index >= 15 is 0 Å². The fourth-order valence-electron chi connectivity index (χ4n) is 0.841. The van der Waals surface area contributed by atoms with Crippen molar-refractivity contribution in [2.45, 2.75) is 32.9 Å². The van der Waals surface area contributed by atoms with Crippen LogP contribution in [0, 0.1) is 5.92 Å². The second-order valence-electron chi connectivity index (χ2n) is 4.01. The maximum Gasteiger partial charge on any atom is 0.153 e. The predicted molar refractivity (Wildman–Crippen MR) is 56.6 cm³/mol. The van der Waals surface area contributed by atoms with Crippen LogP contribution in [0.2, 0.25) is 0 Å². The van der Waals surface area contributed by atoms with Crippen molar-refractivity contribution in [2.75, 3.05) is 18.8 Å². The van der Waals surface area contributed by atoms with Crippen molar-refractivity contribution in [2.24, 2.45) is 5.92 Å². The molecule has 0 aliphatic heterocycles. The quantitative estimate of drug-likeness (QED) is 0.662. The van der Waals surface area contributed by atoms with E-state index in [1.165, 1.54) is 0 Å². The minimum absolute atomic E-state index is 0.247. The van der Waals surface area contributed by atoms with Crippen molar-refractivity contribution < 1.29 is 8.42 Å². The van der Waals surface area contributed by atoms with Crippen molar-refractivity contribution in [3.8, 4) is 0 Å². The van der Waals surface area contributed by atoms with Crippen molar-refractivity contribution >= 4 is 9.84 Å². The van der Waals surface area contributed by atoms with E-state index in [1.807, 2.05) is 0 Å². The van der Waals surface area contributed by atoms with E-state index in [-0.39, 0.29) is 11.0 Å². The topological polar surface area (TPSA) is 46.2 Å². The monoisotopic (exact) mass is 207 g/mol. The molecule has 0 aromatic heterocycles. The molecule has 0 heterocycles. The van der Waals surface area contributed by atoms with E-state index < -0.39 is 9.84 Å². The first-order valence-corrected chi connectivity index (χ1v) is 6.50. The Bertz CT molecular complexity index is 220. The molecule has 0 fully saturated rings. The Labute approximate surface area is 81.8 Å². The molecule has 0 aliphatic carbocycles. The number of hydrogen-bond donors (Lipinski definition) is 1. The van der Waals surface area contributed by atoms with E-state index in [0.29, 0.717) is 12.5 Å². The van der Waals surface area contributed by atoms with Crippen LogP contribution in [0.15, 0.2) is 0 Å². The summed E-state index contributed by atoms with van der Waals surface area (Å²) in [5, 5.41) is 2.86. The molecule has 0 atom stereocenters. The van der Waals surface area contributed by atoms with Gasteiger partial charge in [-0.05, 0) is 26.3 Å². The molecule has 0 amide bonds. The Morgan fingerprint density at radius 1 is 1.15 bits per heavy atom. The van der Waals surface area contributed by atoms with Gasteiger partial charge in [-0.15, -0.1) is 0 Å². The number of sulfone groups is 1. The first-order valence-electron chi connectivity index (χ1n) is 4.78. The van der Waals surface area contributed by atoms with Gasteiger partial charge in [0.05, 0.1) is 11.0 Å². The molecule has 1 N–H and O–H groups in total. The van der Waals surface area contributed by atoms with Gasteiger partial charge >= 0.3 is 0 Å². The van der Waals surface area contributed by atoms with Crippen molar-refractivity contribution in [1.82, 2.24) is 5.32 Å². The highest BCUT2D eigenvalue weighted by Gasteiger charge is 2.14. The summed E-state index contributed by atoms with van der Waals surface area (Å²) in [6, 6.07) is 0. The fraction of sp³-hybridized carbons (Fsp3) is 1.00. The highest BCUT2D eigenvalue weighted by Crippen LogP contribution is 1.99. The van der Waals surface area contributed by atoms with E-state index in [2.05, 4.69) is 19.2 Å². The van der Waals surface area contributed by atoms with Gasteiger partial charge in [-0.2, -0.15) is 0 Å². The molecule has 0 radical (unpaired) electrons. The molecule has 80 valence electrons. The first-order chi connectivity index (χ1) is 5.86. The number of rotatable bonds is 6. The van der Waals surface area contributed by atoms with Gasteiger partial charge in [-0.1, -0.05) is 13.8 Å². The minimum Gasteiger partial charge on any atom is -0.315 e. The van der Waals surface area contributed by atoms with Crippen molar-refractivity contribution in [1.29, 1.82) is 0 Å². The van der Waals surface area contributed by atoms with Gasteiger partial charge in [-0.25, -0.2) is 8.42 Å². The number of nitrogens with one attached hydrogen (secondary N) is 1. The normalized spacial score (nSPS) is 12.8. The van der Waals surface area contributed by atoms with Crippen molar-refractivity contribution in [3.63, 3.8) is 0 Å². The Kier molecular flexibility index (Phi) is 5.56. The van der Waals surface area contributed by atoms with Crippen LogP contribution in [0.1, 0.15) is 27.7 Å². The molecule has 0 rings (SSSR count). The average Bonchev–Trinajstić information content (AvgIpc) is 1.97. The zero-order valence-electron chi connectivity index (χ0n) is 9.00. The summed E-state index contributed by atoms with van der Waals surface area (Å²) in [5.41, 5.74) is 0. The molecular formula is C9H21NO2S. The smallest absolute Gasteiger partial charge is 0.153 e. The summed E-state index contributed by atoms with van der Waals surface area (Å²) < 4.78 is 22.7. The third kappa shape index (κ3) is 6.05. The molecule has 0 bridgehead atoms. The molecule has 0 aromatic carbocycles. The maximum absolute atomic E-state index is 11.3. The fourth-order valence-corrected chi connectivity index (χ4v) is 1.74. The Balaban J connectivity index is 3.66. The van der Waals surface area contributed by atoms with Gasteiger partial charge in [0.1, 0.15) is 0 Å². The maximum atomic E-state index is 11.3. The second-order valence-corrected chi connectivity index (χ2v) is 6.69. The van der Waals surface area contributed by atoms with E-state index in [1.54, 1.807) is 13.8 Å². The lowest BCUT2D eigenvalue weighted by molar-refractivity contribution is 0.554. The molecule has 0 aliphatic rings. The molecule has 0 spiro atoms. The molecule has 0 aromatic rings. The van der Waals surface area contributed by atoms with Gasteiger partial charge in [0.25, 0.3) is 0 Å². The zero-order valence-corrected chi connectivity index (χ0v) is 9.82. The summed E-state index contributed by atoms with van der Waals surface area (Å²) in [7, 11) is -2.86. The van der Waals surface area contributed by atoms with E-state index in [9.17, 15) is 8.42 Å². The summed E-state index contributed by atoms with van der Waals surface area (Å²) in [4.78, 5) is 0. The Morgan fingerprint density at radius 2 is 1.69 bits per heavy atom. The lowest BCUT2D eigenvalue weighted by Crippen LogP contribution is -2.29. The molecule has 0 unspecified atom stereocenters. The highest BCUT2D eigenvalue weighted by molar-refractivity contribution is 7.92. The van der Waals surface area contributed by atoms with Crippen LogP contribution in [-0.4, -0.2) is 32.5 Å². The van der Waals surface area contributed by atoms with Crippen LogP contribution in [0.3, 0.4) is 0 Å². The average molecular weight is 207 g/mol. The third-order valence-electron chi connectivity index (χ3n) is 1.83. The molecule has 13 heavy (non-hydrogen) atoms. The third-order valence-corrected chi connectivity index (χ3v) is 4.04. The number of hydrogen-bond acceptors (Lipinski definition) is 3. The minimum atomic E-state index is -2.86. The van der Waals surface area contributed by atoms with Crippen LogP contribution in [-0.2, 0) is 9.84 Å². The largest absolute Gasteiger partial charge is 0.315 e.